The van der Waals surface area contributed by atoms with Gasteiger partial charge in [-0.2, -0.15) is 0 Å². The first-order chi connectivity index (χ1) is 12.9. The van der Waals surface area contributed by atoms with E-state index in [9.17, 15) is 9.59 Å². The molecule has 0 aliphatic rings. The normalized spacial score (nSPS) is 10.3. The van der Waals surface area contributed by atoms with Crippen molar-refractivity contribution in [1.82, 2.24) is 0 Å². The standard InChI is InChI=1S/C23H22N2O2/c1-15-6-4-9-20(13-15)24-22(26)18-7-5-8-19(14-18)23(27)25-21-11-10-16(2)12-17(21)3/h4-14H,1-3H3,(H,24,26)(H,25,27). The van der Waals surface area contributed by atoms with Crippen LogP contribution in [0.3, 0.4) is 0 Å². The molecule has 0 aromatic heterocycles. The van der Waals surface area contributed by atoms with Crippen LogP contribution in [0.5, 0.6) is 0 Å². The molecule has 0 atom stereocenters. The van der Waals surface area contributed by atoms with Gasteiger partial charge in [-0.05, 0) is 68.3 Å². The number of rotatable bonds is 4. The lowest BCUT2D eigenvalue weighted by Crippen LogP contribution is -2.16. The van der Waals surface area contributed by atoms with Gasteiger partial charge in [-0.1, -0.05) is 35.9 Å². The first-order valence-corrected chi connectivity index (χ1v) is 8.79. The largest absolute Gasteiger partial charge is 0.322 e. The second kappa shape index (κ2) is 7.87. The van der Waals surface area contributed by atoms with Gasteiger partial charge in [0.25, 0.3) is 11.8 Å². The monoisotopic (exact) mass is 358 g/mol. The van der Waals surface area contributed by atoms with Crippen molar-refractivity contribution in [3.8, 4) is 0 Å². The lowest BCUT2D eigenvalue weighted by Gasteiger charge is -2.10. The van der Waals surface area contributed by atoms with Gasteiger partial charge >= 0.3 is 0 Å². The van der Waals surface area contributed by atoms with Gasteiger partial charge in [-0.3, -0.25) is 9.59 Å². The molecular formula is C23H22N2O2. The summed E-state index contributed by atoms with van der Waals surface area (Å²) in [5.74, 6) is -0.492. The molecule has 3 aromatic carbocycles. The number of hydrogen-bond donors (Lipinski definition) is 2. The zero-order chi connectivity index (χ0) is 19.4. The van der Waals surface area contributed by atoms with Gasteiger partial charge in [0.1, 0.15) is 0 Å². The van der Waals surface area contributed by atoms with Crippen LogP contribution in [0.1, 0.15) is 37.4 Å². The van der Waals surface area contributed by atoms with Gasteiger partial charge in [-0.15, -0.1) is 0 Å². The molecule has 0 unspecified atom stereocenters. The van der Waals surface area contributed by atoms with Crippen molar-refractivity contribution in [3.63, 3.8) is 0 Å². The van der Waals surface area contributed by atoms with E-state index in [0.29, 0.717) is 11.1 Å². The Kier molecular flexibility index (Phi) is 5.36. The third kappa shape index (κ3) is 4.61. The highest BCUT2D eigenvalue weighted by Crippen LogP contribution is 2.18. The highest BCUT2D eigenvalue weighted by molar-refractivity contribution is 6.08. The molecule has 27 heavy (non-hydrogen) atoms. The third-order valence-electron chi connectivity index (χ3n) is 4.29. The van der Waals surface area contributed by atoms with Gasteiger partial charge in [0.05, 0.1) is 0 Å². The summed E-state index contributed by atoms with van der Waals surface area (Å²) in [6, 6.07) is 20.1. The molecule has 0 saturated carbocycles. The Bertz CT molecular complexity index is 1010. The van der Waals surface area contributed by atoms with E-state index in [0.717, 1.165) is 28.1 Å². The fourth-order valence-corrected chi connectivity index (χ4v) is 2.88. The molecule has 4 heteroatoms. The average molecular weight is 358 g/mol. The van der Waals surface area contributed by atoms with Gasteiger partial charge in [0.15, 0.2) is 0 Å². The Balaban J connectivity index is 1.76. The fraction of sp³-hybridized carbons (Fsp3) is 0.130. The van der Waals surface area contributed by atoms with Gasteiger partial charge in [0.2, 0.25) is 0 Å². The molecule has 2 N–H and O–H groups in total. The molecule has 0 aliphatic carbocycles. The maximum Gasteiger partial charge on any atom is 0.255 e. The van der Waals surface area contributed by atoms with E-state index in [2.05, 4.69) is 10.6 Å². The number of hydrogen-bond acceptors (Lipinski definition) is 2. The molecule has 2 amide bonds. The zero-order valence-electron chi connectivity index (χ0n) is 15.7. The summed E-state index contributed by atoms with van der Waals surface area (Å²) in [7, 11) is 0. The molecular weight excluding hydrogens is 336 g/mol. The molecule has 4 nitrogen and oxygen atoms in total. The summed E-state index contributed by atoms with van der Waals surface area (Å²) in [5, 5.41) is 5.77. The molecule has 0 aliphatic heterocycles. The van der Waals surface area contributed by atoms with Crippen LogP contribution < -0.4 is 10.6 Å². The second-order valence-electron chi connectivity index (χ2n) is 6.68. The highest BCUT2D eigenvalue weighted by Gasteiger charge is 2.12. The number of anilines is 2. The highest BCUT2D eigenvalue weighted by atomic mass is 16.2. The molecule has 0 bridgehead atoms. The van der Waals surface area contributed by atoms with Crippen LogP contribution >= 0.6 is 0 Å². The number of nitrogens with one attached hydrogen (secondary N) is 2. The Morgan fingerprint density at radius 2 is 1.30 bits per heavy atom. The SMILES string of the molecule is Cc1cccc(NC(=O)c2cccc(C(=O)Nc3ccc(C)cc3C)c2)c1. The maximum atomic E-state index is 12.6. The van der Waals surface area contributed by atoms with Gasteiger partial charge in [0, 0.05) is 22.5 Å². The van der Waals surface area contributed by atoms with Crippen molar-refractivity contribution in [2.24, 2.45) is 0 Å². The first kappa shape index (κ1) is 18.4. The Labute approximate surface area is 159 Å². The molecule has 0 saturated heterocycles. The summed E-state index contributed by atoms with van der Waals surface area (Å²) in [6.07, 6.45) is 0. The van der Waals surface area contributed by atoms with Crippen molar-refractivity contribution >= 4 is 23.2 Å². The van der Waals surface area contributed by atoms with Crippen molar-refractivity contribution in [1.29, 1.82) is 0 Å². The molecule has 0 radical (unpaired) electrons. The number of amides is 2. The third-order valence-corrected chi connectivity index (χ3v) is 4.29. The molecule has 0 fully saturated rings. The second-order valence-corrected chi connectivity index (χ2v) is 6.68. The predicted octanol–water partition coefficient (Wildman–Crippen LogP) is 5.12. The Morgan fingerprint density at radius 1 is 0.667 bits per heavy atom. The minimum atomic E-state index is -0.248. The molecule has 136 valence electrons. The van der Waals surface area contributed by atoms with Crippen LogP contribution in [0, 0.1) is 20.8 Å². The number of carbonyl (C=O) groups is 2. The Hall–Kier alpha value is -3.40. The van der Waals surface area contributed by atoms with Crippen molar-refractivity contribution in [2.45, 2.75) is 20.8 Å². The number of aryl methyl sites for hydroxylation is 3. The van der Waals surface area contributed by atoms with E-state index >= 15 is 0 Å². The minimum Gasteiger partial charge on any atom is -0.322 e. The lowest BCUT2D eigenvalue weighted by atomic mass is 10.1. The number of benzene rings is 3. The average Bonchev–Trinajstić information content (AvgIpc) is 2.64. The van der Waals surface area contributed by atoms with E-state index in [1.807, 2.05) is 63.2 Å². The van der Waals surface area contributed by atoms with Gasteiger partial charge < -0.3 is 10.6 Å². The number of carbonyl (C=O) groups excluding carboxylic acids is 2. The predicted molar refractivity (Wildman–Crippen MR) is 109 cm³/mol. The summed E-state index contributed by atoms with van der Waals surface area (Å²) in [5.41, 5.74) is 5.56. The van der Waals surface area contributed by atoms with E-state index in [1.54, 1.807) is 24.3 Å². The maximum absolute atomic E-state index is 12.6. The van der Waals surface area contributed by atoms with Gasteiger partial charge in [-0.25, -0.2) is 0 Å². The summed E-state index contributed by atoms with van der Waals surface area (Å²) in [6.45, 7) is 5.93. The van der Waals surface area contributed by atoms with Crippen molar-refractivity contribution < 1.29 is 9.59 Å². The van der Waals surface area contributed by atoms with E-state index in [1.165, 1.54) is 0 Å². The van der Waals surface area contributed by atoms with Crippen LogP contribution in [0.15, 0.2) is 66.7 Å². The molecule has 3 aromatic rings. The van der Waals surface area contributed by atoms with Crippen LogP contribution in [0.2, 0.25) is 0 Å². The van der Waals surface area contributed by atoms with E-state index in [4.69, 9.17) is 0 Å². The van der Waals surface area contributed by atoms with Crippen LogP contribution in [0.25, 0.3) is 0 Å². The van der Waals surface area contributed by atoms with Crippen LogP contribution in [-0.4, -0.2) is 11.8 Å². The quantitative estimate of drug-likeness (QED) is 0.680. The van der Waals surface area contributed by atoms with Crippen molar-refractivity contribution in [3.05, 3.63) is 94.5 Å². The molecule has 3 rings (SSSR count). The summed E-state index contributed by atoms with van der Waals surface area (Å²) >= 11 is 0. The van der Waals surface area contributed by atoms with Crippen LogP contribution in [0.4, 0.5) is 11.4 Å². The smallest absolute Gasteiger partial charge is 0.255 e. The Morgan fingerprint density at radius 3 is 1.96 bits per heavy atom. The van der Waals surface area contributed by atoms with E-state index in [-0.39, 0.29) is 11.8 Å². The first-order valence-electron chi connectivity index (χ1n) is 8.79. The summed E-state index contributed by atoms with van der Waals surface area (Å²) < 4.78 is 0. The minimum absolute atomic E-state index is 0.243. The van der Waals surface area contributed by atoms with Crippen molar-refractivity contribution in [2.75, 3.05) is 10.6 Å². The topological polar surface area (TPSA) is 58.2 Å². The van der Waals surface area contributed by atoms with E-state index < -0.39 is 0 Å². The molecule has 0 heterocycles. The fourth-order valence-electron chi connectivity index (χ4n) is 2.88. The van der Waals surface area contributed by atoms with Crippen LogP contribution in [-0.2, 0) is 0 Å². The lowest BCUT2D eigenvalue weighted by molar-refractivity contribution is 0.102. The summed E-state index contributed by atoms with van der Waals surface area (Å²) in [4.78, 5) is 25.1. The molecule has 0 spiro atoms. The zero-order valence-corrected chi connectivity index (χ0v) is 15.7.